The van der Waals surface area contributed by atoms with Crippen molar-refractivity contribution in [2.45, 2.75) is 89.0 Å². The Balaban J connectivity index is 1.14. The van der Waals surface area contributed by atoms with Crippen LogP contribution in [0.25, 0.3) is 0 Å². The van der Waals surface area contributed by atoms with Crippen LogP contribution in [0.4, 0.5) is 19.0 Å². The van der Waals surface area contributed by atoms with Crippen LogP contribution in [0.3, 0.4) is 0 Å². The Bertz CT molecular complexity index is 1610. The number of aromatic nitrogens is 2. The fourth-order valence-corrected chi connectivity index (χ4v) is 9.95. The third-order valence-corrected chi connectivity index (χ3v) is 12.2. The summed E-state index contributed by atoms with van der Waals surface area (Å²) in [6.07, 6.45) is 9.58. The average molecular weight is 652 g/mol. The van der Waals surface area contributed by atoms with Crippen LogP contribution in [0.5, 0.6) is 0 Å². The summed E-state index contributed by atoms with van der Waals surface area (Å²) >= 11 is 0. The highest BCUT2D eigenvalue weighted by Crippen LogP contribution is 2.55. The molecule has 11 heteroatoms. The first-order valence-electron chi connectivity index (χ1n) is 17.3. The van der Waals surface area contributed by atoms with Crippen molar-refractivity contribution in [3.63, 3.8) is 0 Å². The average Bonchev–Trinajstić information content (AvgIpc) is 3.65. The van der Waals surface area contributed by atoms with Crippen molar-refractivity contribution in [2.24, 2.45) is 28.2 Å². The molecule has 4 aliphatic heterocycles. The van der Waals surface area contributed by atoms with Crippen molar-refractivity contribution in [3.05, 3.63) is 64.1 Å². The van der Waals surface area contributed by atoms with E-state index in [0.29, 0.717) is 73.4 Å². The Hall–Kier alpha value is -3.02. The molecular weight excluding hydrogens is 607 g/mol. The van der Waals surface area contributed by atoms with Gasteiger partial charge in [-0.3, -0.25) is 9.89 Å². The van der Waals surface area contributed by atoms with Gasteiger partial charge in [-0.05, 0) is 73.9 Å². The van der Waals surface area contributed by atoms with Crippen LogP contribution in [0.2, 0.25) is 0 Å². The molecule has 8 nitrogen and oxygen atoms in total. The maximum atomic E-state index is 17.1. The van der Waals surface area contributed by atoms with E-state index in [1.54, 1.807) is 24.4 Å². The number of hydrogen-bond acceptors (Lipinski definition) is 8. The van der Waals surface area contributed by atoms with Gasteiger partial charge in [0.2, 0.25) is 0 Å². The minimum Gasteiger partial charge on any atom is -0.508 e. The summed E-state index contributed by atoms with van der Waals surface area (Å²) in [7, 11) is 0. The molecule has 7 unspecified atom stereocenters. The van der Waals surface area contributed by atoms with Crippen molar-refractivity contribution < 1.29 is 28.1 Å². The van der Waals surface area contributed by atoms with Gasteiger partial charge in [0, 0.05) is 55.1 Å². The zero-order valence-electron chi connectivity index (χ0n) is 27.1. The number of hydrogen-bond donors (Lipinski definition) is 2. The number of anilines is 1. The van der Waals surface area contributed by atoms with Gasteiger partial charge in [-0.1, -0.05) is 19.9 Å². The summed E-state index contributed by atoms with van der Waals surface area (Å²) in [5.41, 5.74) is 0.534. The van der Waals surface area contributed by atoms with Crippen molar-refractivity contribution in [3.8, 4) is 0 Å². The molecule has 8 rings (SSSR count). The number of allylic oxidation sites excluding steroid dienone is 6. The van der Waals surface area contributed by atoms with Gasteiger partial charge in [0.1, 0.15) is 36.2 Å². The molecule has 0 radical (unpaired) electrons. The predicted molar refractivity (Wildman–Crippen MR) is 172 cm³/mol. The Labute approximate surface area is 273 Å². The lowest BCUT2D eigenvalue weighted by Gasteiger charge is -2.46. The Kier molecular flexibility index (Phi) is 7.68. The number of nitrogens with zero attached hydrogens (tertiary/aromatic N) is 5. The molecule has 1 aromatic rings. The van der Waals surface area contributed by atoms with Gasteiger partial charge in [0.25, 0.3) is 0 Å². The minimum absolute atomic E-state index is 0.000612. The van der Waals surface area contributed by atoms with Gasteiger partial charge >= 0.3 is 0 Å². The van der Waals surface area contributed by atoms with Crippen molar-refractivity contribution in [1.82, 2.24) is 14.9 Å². The highest BCUT2D eigenvalue weighted by molar-refractivity contribution is 5.90. The molecule has 1 saturated carbocycles. The molecule has 4 fully saturated rings. The summed E-state index contributed by atoms with van der Waals surface area (Å²) in [5, 5.41) is 21.4. The molecule has 3 aliphatic carbocycles. The number of fused-ring (bicyclic) bond motifs is 5. The fraction of sp³-hybridized carbons (Fsp3) is 0.639. The van der Waals surface area contributed by atoms with Crippen molar-refractivity contribution >= 4 is 12.0 Å². The van der Waals surface area contributed by atoms with Crippen LogP contribution >= 0.6 is 0 Å². The molecule has 2 N–H and O–H groups in total. The van der Waals surface area contributed by atoms with Gasteiger partial charge in [-0.15, -0.1) is 0 Å². The summed E-state index contributed by atoms with van der Waals surface area (Å²) in [5.74, 6) is 0.669. The van der Waals surface area contributed by atoms with Gasteiger partial charge < -0.3 is 19.8 Å². The molecule has 9 atom stereocenters. The molecule has 2 bridgehead atoms. The molecule has 47 heavy (non-hydrogen) atoms. The second kappa shape index (κ2) is 11.6. The first kappa shape index (κ1) is 31.3. The van der Waals surface area contributed by atoms with Gasteiger partial charge in [0.15, 0.2) is 12.0 Å². The number of ether oxygens (including phenoxy) is 1. The topological polar surface area (TPSA) is 94.3 Å². The maximum absolute atomic E-state index is 17.1. The monoisotopic (exact) mass is 651 g/mol. The lowest BCUT2D eigenvalue weighted by molar-refractivity contribution is 0.0234. The Morgan fingerprint density at radius 2 is 2.00 bits per heavy atom. The molecular formula is C36H44F3N5O3. The number of halogens is 3. The van der Waals surface area contributed by atoms with E-state index in [0.717, 1.165) is 32.2 Å². The van der Waals surface area contributed by atoms with E-state index in [-0.39, 0.29) is 47.4 Å². The van der Waals surface area contributed by atoms with Gasteiger partial charge in [0.05, 0.1) is 24.0 Å². The SMILES string of the molecule is CCC1=C(F)C=CC2C=C(O)C=C(C3N=Cc4c(nc(COC[C@@]56CCCN5C[C@H](F)C6)nc4N4CC5CC(O)C(C5)C4)C3F)C12C. The van der Waals surface area contributed by atoms with Crippen molar-refractivity contribution in [2.75, 3.05) is 37.7 Å². The second-order valence-electron chi connectivity index (χ2n) is 15.0. The number of rotatable bonds is 7. The molecule has 5 heterocycles. The van der Waals surface area contributed by atoms with Crippen LogP contribution in [0, 0.1) is 23.2 Å². The maximum Gasteiger partial charge on any atom is 0.169 e. The molecule has 1 aromatic heterocycles. The van der Waals surface area contributed by atoms with E-state index in [9.17, 15) is 14.6 Å². The normalized spacial score (nSPS) is 39.2. The summed E-state index contributed by atoms with van der Waals surface area (Å²) in [6.45, 7) is 6.80. The molecule has 3 saturated heterocycles. The fourth-order valence-electron chi connectivity index (χ4n) is 9.95. The van der Waals surface area contributed by atoms with Crippen LogP contribution in [-0.2, 0) is 11.3 Å². The summed E-state index contributed by atoms with van der Waals surface area (Å²) < 4.78 is 53.0. The van der Waals surface area contributed by atoms with E-state index < -0.39 is 23.8 Å². The molecule has 0 aromatic carbocycles. The largest absolute Gasteiger partial charge is 0.508 e. The molecule has 0 amide bonds. The van der Waals surface area contributed by atoms with E-state index >= 15 is 8.78 Å². The van der Waals surface area contributed by atoms with E-state index in [1.165, 1.54) is 6.08 Å². The number of alkyl halides is 2. The van der Waals surface area contributed by atoms with E-state index in [4.69, 9.17) is 19.7 Å². The summed E-state index contributed by atoms with van der Waals surface area (Å²) in [4.78, 5) is 18.8. The Morgan fingerprint density at radius 3 is 2.81 bits per heavy atom. The zero-order chi connectivity index (χ0) is 32.7. The first-order chi connectivity index (χ1) is 22.6. The quantitative estimate of drug-likeness (QED) is 0.385. The number of aliphatic imine (C=N–C) groups is 1. The van der Waals surface area contributed by atoms with Crippen LogP contribution < -0.4 is 4.90 Å². The van der Waals surface area contributed by atoms with E-state index in [2.05, 4.69) is 9.80 Å². The van der Waals surface area contributed by atoms with Crippen LogP contribution in [0.1, 0.15) is 75.6 Å². The number of aliphatic hydroxyl groups is 2. The van der Waals surface area contributed by atoms with Crippen molar-refractivity contribution in [1.29, 1.82) is 0 Å². The third-order valence-electron chi connectivity index (χ3n) is 12.2. The third kappa shape index (κ3) is 5.01. The highest BCUT2D eigenvalue weighted by atomic mass is 19.1. The highest BCUT2D eigenvalue weighted by Gasteiger charge is 2.51. The summed E-state index contributed by atoms with van der Waals surface area (Å²) in [6, 6.07) is -1.03. The zero-order valence-corrected chi connectivity index (χ0v) is 27.1. The number of aliphatic hydroxyl groups excluding tert-OH is 2. The van der Waals surface area contributed by atoms with E-state index in [1.807, 2.05) is 13.8 Å². The second-order valence-corrected chi connectivity index (χ2v) is 15.0. The standard InChI is InChI=1S/C36H44F3N5O3/c1-3-26-28(38)6-5-22-11-24(45)12-27(35(22,26)2)33-31(39)32-25(14-40-33)34(43-15-20-9-21(16-43)29(46)10-20)42-30(41-32)18-47-19-36-7-4-8-44(36)17-23(37)13-36/h5-6,11-12,14,20-23,29,31,33,45-46H,3-4,7-10,13,15-19H2,1-2H3/t20?,21?,22?,23-,29?,31?,33?,35?,36+/m1/s1. The van der Waals surface area contributed by atoms with Gasteiger partial charge in [-0.25, -0.2) is 23.1 Å². The lowest BCUT2D eigenvalue weighted by Crippen LogP contribution is -2.42. The number of piperidine rings is 1. The molecule has 7 aliphatic rings. The van der Waals surface area contributed by atoms with Gasteiger partial charge in [-0.2, -0.15) is 0 Å². The minimum atomic E-state index is -1.68. The predicted octanol–water partition coefficient (Wildman–Crippen LogP) is 5.80. The molecule has 252 valence electrons. The van der Waals surface area contributed by atoms with Crippen LogP contribution in [0.15, 0.2) is 52.0 Å². The first-order valence-corrected chi connectivity index (χ1v) is 17.3. The van der Waals surface area contributed by atoms with Crippen LogP contribution in [-0.4, -0.2) is 87.9 Å². The molecule has 0 spiro atoms. The smallest absolute Gasteiger partial charge is 0.169 e. The Morgan fingerprint density at radius 1 is 1.15 bits per heavy atom. The lowest BCUT2D eigenvalue weighted by atomic mass is 9.59.